The Balaban J connectivity index is 0.00000225. The lowest BCUT2D eigenvalue weighted by Crippen LogP contribution is -3.00. The molecule has 0 amide bonds. The van der Waals surface area contributed by atoms with E-state index in [0.717, 1.165) is 43.9 Å². The average Bonchev–Trinajstić information content (AvgIpc) is 3.18. The molecule has 0 saturated carbocycles. The van der Waals surface area contributed by atoms with E-state index in [9.17, 15) is 8.78 Å². The van der Waals surface area contributed by atoms with Gasteiger partial charge in [-0.15, -0.1) is 0 Å². The third kappa shape index (κ3) is 3.81. The quantitative estimate of drug-likeness (QED) is 0.580. The van der Waals surface area contributed by atoms with Crippen LogP contribution >= 0.6 is 23.1 Å². The fourth-order valence-electron chi connectivity index (χ4n) is 3.26. The van der Waals surface area contributed by atoms with Crippen molar-refractivity contribution in [2.75, 3.05) is 11.4 Å². The van der Waals surface area contributed by atoms with Crippen LogP contribution in [0.1, 0.15) is 18.9 Å². The normalized spacial score (nSPS) is 14.9. The number of hydrogen-bond donors (Lipinski definition) is 0. The zero-order valence-corrected chi connectivity index (χ0v) is 17.8. The second kappa shape index (κ2) is 8.64. The van der Waals surface area contributed by atoms with E-state index in [0.29, 0.717) is 0 Å². The van der Waals surface area contributed by atoms with E-state index in [-0.39, 0.29) is 24.0 Å². The lowest BCUT2D eigenvalue weighted by atomic mass is 10.3. The first kappa shape index (κ1) is 20.8. The van der Waals surface area contributed by atoms with Gasteiger partial charge in [-0.2, -0.15) is 4.57 Å². The van der Waals surface area contributed by atoms with E-state index in [1.165, 1.54) is 12.1 Å². The van der Waals surface area contributed by atoms with Gasteiger partial charge in [0.05, 0.1) is 10.7 Å². The molecule has 1 aliphatic heterocycles. The zero-order valence-electron chi connectivity index (χ0n) is 15.5. The zero-order chi connectivity index (χ0) is 19.0. The molecule has 0 aliphatic carbocycles. The Morgan fingerprint density at radius 1 is 1.07 bits per heavy atom. The molecule has 0 spiro atoms. The number of allylic oxidation sites excluding steroid dienone is 2. The summed E-state index contributed by atoms with van der Waals surface area (Å²) in [5.41, 5.74) is 1.84. The number of aromatic nitrogens is 1. The molecule has 0 fully saturated rings. The van der Waals surface area contributed by atoms with Crippen LogP contribution in [-0.2, 0) is 6.54 Å². The van der Waals surface area contributed by atoms with Gasteiger partial charge in [0.15, 0.2) is 0 Å². The third-order valence-corrected chi connectivity index (χ3v) is 6.76. The Labute approximate surface area is 177 Å². The van der Waals surface area contributed by atoms with Crippen LogP contribution in [0.3, 0.4) is 0 Å². The standard InChI is InChI=1S/C21H19F2N2S2.ClH/c1-3-24-16-12-14(22)8-10-18(16)26-20(24)6-5-7-21-25(4-2)17-13-15(23)9-11-19(17)27-21;/h5-13H,3-4H2,1-2H3;1H/q+1;/p-1. The largest absolute Gasteiger partial charge is 1.00 e. The van der Waals surface area contributed by atoms with Crippen molar-refractivity contribution < 1.29 is 25.8 Å². The summed E-state index contributed by atoms with van der Waals surface area (Å²) in [6.45, 7) is 5.67. The average molecular weight is 437 g/mol. The van der Waals surface area contributed by atoms with Gasteiger partial charge in [0, 0.05) is 23.6 Å². The first-order chi connectivity index (χ1) is 13.1. The van der Waals surface area contributed by atoms with E-state index in [4.69, 9.17) is 0 Å². The molecular weight excluding hydrogens is 418 g/mol. The Kier molecular flexibility index (Phi) is 6.43. The summed E-state index contributed by atoms with van der Waals surface area (Å²) < 4.78 is 30.4. The Morgan fingerprint density at radius 3 is 2.57 bits per heavy atom. The number of aryl methyl sites for hydroxylation is 1. The van der Waals surface area contributed by atoms with Crippen LogP contribution in [0, 0.1) is 11.6 Å². The van der Waals surface area contributed by atoms with Crippen LogP contribution in [0.4, 0.5) is 14.5 Å². The van der Waals surface area contributed by atoms with E-state index >= 15 is 0 Å². The molecule has 1 aliphatic rings. The molecule has 2 aromatic carbocycles. The number of hydrogen-bond acceptors (Lipinski definition) is 3. The smallest absolute Gasteiger partial charge is 0.262 e. The molecule has 0 atom stereocenters. The van der Waals surface area contributed by atoms with Gasteiger partial charge >= 0.3 is 0 Å². The van der Waals surface area contributed by atoms with Crippen LogP contribution in [0.25, 0.3) is 16.3 Å². The molecule has 0 N–H and O–H groups in total. The minimum Gasteiger partial charge on any atom is -1.00 e. The van der Waals surface area contributed by atoms with Crippen molar-refractivity contribution in [3.05, 3.63) is 70.2 Å². The van der Waals surface area contributed by atoms with Gasteiger partial charge < -0.3 is 17.3 Å². The molecule has 4 rings (SSSR count). The highest BCUT2D eigenvalue weighted by Gasteiger charge is 2.24. The van der Waals surface area contributed by atoms with Crippen molar-refractivity contribution in [3.63, 3.8) is 0 Å². The Morgan fingerprint density at radius 2 is 1.82 bits per heavy atom. The highest BCUT2D eigenvalue weighted by molar-refractivity contribution is 8.03. The van der Waals surface area contributed by atoms with Crippen molar-refractivity contribution >= 4 is 45.1 Å². The molecule has 28 heavy (non-hydrogen) atoms. The minimum absolute atomic E-state index is 0. The van der Waals surface area contributed by atoms with Gasteiger partial charge in [-0.05, 0) is 50.3 Å². The summed E-state index contributed by atoms with van der Waals surface area (Å²) in [6.07, 6.45) is 6.12. The van der Waals surface area contributed by atoms with Crippen LogP contribution in [0.5, 0.6) is 0 Å². The summed E-state index contributed by atoms with van der Waals surface area (Å²) in [5, 5.41) is 2.15. The van der Waals surface area contributed by atoms with Crippen molar-refractivity contribution in [3.8, 4) is 0 Å². The van der Waals surface area contributed by atoms with Crippen molar-refractivity contribution in [2.45, 2.75) is 25.3 Å². The van der Waals surface area contributed by atoms with Gasteiger partial charge in [0.2, 0.25) is 5.52 Å². The third-order valence-electron chi connectivity index (χ3n) is 4.49. The van der Waals surface area contributed by atoms with Crippen LogP contribution in [0.15, 0.2) is 58.5 Å². The maximum atomic E-state index is 13.6. The van der Waals surface area contributed by atoms with Gasteiger partial charge in [0.25, 0.3) is 5.01 Å². The van der Waals surface area contributed by atoms with E-state index in [1.807, 2.05) is 18.2 Å². The van der Waals surface area contributed by atoms with E-state index in [1.54, 1.807) is 35.2 Å². The van der Waals surface area contributed by atoms with Gasteiger partial charge in [-0.3, -0.25) is 0 Å². The SMILES string of the molecule is CCN1/C(=C/C=C/c2sc3ccc(F)cc3[n+]2CC)Sc2ccc(F)cc21.[Cl-]. The van der Waals surface area contributed by atoms with Gasteiger partial charge in [-0.1, -0.05) is 29.2 Å². The molecule has 3 aromatic rings. The number of thioether (sulfide) groups is 1. The fraction of sp³-hybridized carbons (Fsp3) is 0.190. The number of nitrogens with zero attached hydrogens (tertiary/aromatic N) is 2. The van der Waals surface area contributed by atoms with Crippen molar-refractivity contribution in [1.82, 2.24) is 0 Å². The van der Waals surface area contributed by atoms with Gasteiger partial charge in [0.1, 0.15) is 22.9 Å². The first-order valence-electron chi connectivity index (χ1n) is 8.86. The minimum atomic E-state index is -0.217. The fourth-order valence-corrected chi connectivity index (χ4v) is 5.50. The number of halogens is 3. The predicted molar refractivity (Wildman–Crippen MR) is 110 cm³/mol. The van der Waals surface area contributed by atoms with Crippen LogP contribution < -0.4 is 21.9 Å². The van der Waals surface area contributed by atoms with Crippen molar-refractivity contribution in [2.24, 2.45) is 0 Å². The summed E-state index contributed by atoms with van der Waals surface area (Å²) in [6, 6.07) is 9.82. The van der Waals surface area contributed by atoms with E-state index < -0.39 is 0 Å². The predicted octanol–water partition coefficient (Wildman–Crippen LogP) is 2.98. The number of anilines is 1. The molecule has 7 heteroatoms. The molecule has 2 heterocycles. The Hall–Kier alpha value is -1.89. The topological polar surface area (TPSA) is 7.12 Å². The molecule has 2 nitrogen and oxygen atoms in total. The summed E-state index contributed by atoms with van der Waals surface area (Å²) >= 11 is 3.29. The van der Waals surface area contributed by atoms with Crippen LogP contribution in [-0.4, -0.2) is 6.54 Å². The molecule has 0 unspecified atom stereocenters. The molecule has 0 bridgehead atoms. The number of benzene rings is 2. The number of fused-ring (bicyclic) bond motifs is 2. The first-order valence-corrected chi connectivity index (χ1v) is 10.5. The summed E-state index contributed by atoms with van der Waals surface area (Å²) in [5.74, 6) is -0.433. The molecular formula is C21H19ClF2N2S2. The monoisotopic (exact) mass is 436 g/mol. The second-order valence-electron chi connectivity index (χ2n) is 6.12. The van der Waals surface area contributed by atoms with Gasteiger partial charge in [-0.25, -0.2) is 8.78 Å². The van der Waals surface area contributed by atoms with Crippen molar-refractivity contribution in [1.29, 1.82) is 0 Å². The molecule has 1 aromatic heterocycles. The van der Waals surface area contributed by atoms with Crippen LogP contribution in [0.2, 0.25) is 0 Å². The molecule has 0 saturated heterocycles. The maximum absolute atomic E-state index is 13.6. The summed E-state index contributed by atoms with van der Waals surface area (Å²) in [7, 11) is 0. The lowest BCUT2D eigenvalue weighted by molar-refractivity contribution is -0.665. The number of thiazole rings is 1. The highest BCUT2D eigenvalue weighted by atomic mass is 35.5. The van der Waals surface area contributed by atoms with E-state index in [2.05, 4.69) is 35.5 Å². The Bertz CT molecular complexity index is 1080. The lowest BCUT2D eigenvalue weighted by Gasteiger charge is -2.17. The highest BCUT2D eigenvalue weighted by Crippen LogP contribution is 2.45. The number of rotatable bonds is 4. The summed E-state index contributed by atoms with van der Waals surface area (Å²) in [4.78, 5) is 3.18. The molecule has 146 valence electrons. The maximum Gasteiger partial charge on any atom is 0.262 e. The molecule has 0 radical (unpaired) electrons. The second-order valence-corrected chi connectivity index (χ2v) is 8.24.